The van der Waals surface area contributed by atoms with Crippen molar-refractivity contribution in [3.8, 4) is 45.3 Å². The first-order valence-electron chi connectivity index (χ1n) is 14.3. The first-order chi connectivity index (χ1) is 19.2. The second kappa shape index (κ2) is 7.09. The molecule has 4 aliphatic rings. The van der Waals surface area contributed by atoms with Gasteiger partial charge in [-0.15, -0.1) is 0 Å². The van der Waals surface area contributed by atoms with Crippen molar-refractivity contribution in [3.63, 3.8) is 0 Å². The molecule has 0 unspecified atom stereocenters. The van der Waals surface area contributed by atoms with E-state index in [0.29, 0.717) is 0 Å². The van der Waals surface area contributed by atoms with Crippen molar-refractivity contribution in [1.82, 2.24) is 0 Å². The summed E-state index contributed by atoms with van der Waals surface area (Å²) in [6.07, 6.45) is 0. The molecule has 2 heterocycles. The monoisotopic (exact) mass is 516 g/mol. The second-order valence-electron chi connectivity index (χ2n) is 13.0. The van der Waals surface area contributed by atoms with E-state index < -0.39 is 0 Å². The van der Waals surface area contributed by atoms with Gasteiger partial charge in [-0.25, -0.2) is 0 Å². The Hall–Kier alpha value is -4.24. The Morgan fingerprint density at radius 3 is 1.43 bits per heavy atom. The van der Waals surface area contributed by atoms with Crippen LogP contribution in [0.4, 0.5) is 0 Å². The molecule has 0 radical (unpaired) electrons. The molecule has 0 atom stereocenters. The van der Waals surface area contributed by atoms with Gasteiger partial charge in [-0.1, -0.05) is 88.4 Å². The predicted molar refractivity (Wildman–Crippen MR) is 164 cm³/mol. The highest BCUT2D eigenvalue weighted by molar-refractivity contribution is 6.98. The number of benzene rings is 5. The Kier molecular flexibility index (Phi) is 4.00. The highest BCUT2D eigenvalue weighted by atomic mass is 16.5. The van der Waals surface area contributed by atoms with Crippen LogP contribution in [0.1, 0.15) is 55.5 Å². The fourth-order valence-corrected chi connectivity index (χ4v) is 8.02. The van der Waals surface area contributed by atoms with E-state index in [1.807, 2.05) is 0 Å². The third-order valence-electron chi connectivity index (χ3n) is 10.0. The van der Waals surface area contributed by atoms with E-state index in [4.69, 9.17) is 9.47 Å². The van der Waals surface area contributed by atoms with Gasteiger partial charge in [0.15, 0.2) is 0 Å². The van der Waals surface area contributed by atoms with Crippen molar-refractivity contribution >= 4 is 23.1 Å². The summed E-state index contributed by atoms with van der Waals surface area (Å²) in [5.41, 5.74) is 15.3. The predicted octanol–water partition coefficient (Wildman–Crippen LogP) is 7.34. The van der Waals surface area contributed by atoms with Gasteiger partial charge in [-0.05, 0) is 92.2 Å². The molecule has 2 aliphatic heterocycles. The van der Waals surface area contributed by atoms with Crippen molar-refractivity contribution in [2.75, 3.05) is 0 Å². The van der Waals surface area contributed by atoms with Gasteiger partial charge in [0.2, 0.25) is 0 Å². The molecule has 3 heteroatoms. The standard InChI is InChI=1S/C37H29BO2/c1-20-14-33-35-34(15-20)40-32-17-24-22-11-7-9-13-26(22)37(4,5)28(24)19-30(32)38(35)29-18-27-23(16-31(29)39-33)21-10-6-8-12-25(21)36(27,2)3/h6-19H,1-5H3. The first kappa shape index (κ1) is 22.6. The molecule has 9 rings (SSSR count). The van der Waals surface area contributed by atoms with E-state index in [1.54, 1.807) is 0 Å². The highest BCUT2D eigenvalue weighted by Crippen LogP contribution is 2.52. The zero-order chi connectivity index (χ0) is 27.1. The van der Waals surface area contributed by atoms with Gasteiger partial charge < -0.3 is 9.47 Å². The van der Waals surface area contributed by atoms with Crippen molar-refractivity contribution in [2.24, 2.45) is 0 Å². The zero-order valence-electron chi connectivity index (χ0n) is 23.5. The number of ether oxygens (including phenoxy) is 2. The van der Waals surface area contributed by atoms with Crippen LogP contribution in [0.2, 0.25) is 0 Å². The quantitative estimate of drug-likeness (QED) is 0.197. The van der Waals surface area contributed by atoms with Gasteiger partial charge in [0.05, 0.1) is 0 Å². The number of hydrogen-bond donors (Lipinski definition) is 0. The fourth-order valence-electron chi connectivity index (χ4n) is 8.02. The van der Waals surface area contributed by atoms with Crippen molar-refractivity contribution in [1.29, 1.82) is 0 Å². The minimum absolute atomic E-state index is 0.0488. The lowest BCUT2D eigenvalue weighted by molar-refractivity contribution is 0.463. The van der Waals surface area contributed by atoms with Crippen LogP contribution in [-0.4, -0.2) is 6.71 Å². The molecule has 0 N–H and O–H groups in total. The number of hydrogen-bond acceptors (Lipinski definition) is 2. The van der Waals surface area contributed by atoms with Gasteiger partial charge in [0, 0.05) is 16.3 Å². The van der Waals surface area contributed by atoms with Crippen molar-refractivity contribution in [3.05, 3.63) is 113 Å². The summed E-state index contributed by atoms with van der Waals surface area (Å²) in [6.45, 7) is 11.6. The van der Waals surface area contributed by atoms with Crippen LogP contribution >= 0.6 is 0 Å². The van der Waals surface area contributed by atoms with Crippen LogP contribution in [0, 0.1) is 6.92 Å². The smallest absolute Gasteiger partial charge is 0.260 e. The van der Waals surface area contributed by atoms with Crippen LogP contribution in [-0.2, 0) is 10.8 Å². The average Bonchev–Trinajstić information content (AvgIpc) is 3.30. The highest BCUT2D eigenvalue weighted by Gasteiger charge is 2.45. The summed E-state index contributed by atoms with van der Waals surface area (Å²) in [4.78, 5) is 0. The Morgan fingerprint density at radius 1 is 0.500 bits per heavy atom. The third kappa shape index (κ3) is 2.61. The molecule has 0 amide bonds. The van der Waals surface area contributed by atoms with Gasteiger partial charge >= 0.3 is 0 Å². The average molecular weight is 516 g/mol. The minimum atomic E-state index is -0.0765. The molecule has 0 aromatic heterocycles. The first-order valence-corrected chi connectivity index (χ1v) is 14.3. The van der Waals surface area contributed by atoms with Crippen LogP contribution < -0.4 is 25.9 Å². The lowest BCUT2D eigenvalue weighted by atomic mass is 9.34. The number of fused-ring (bicyclic) bond motifs is 10. The van der Waals surface area contributed by atoms with Crippen LogP contribution in [0.15, 0.2) is 84.9 Å². The lowest BCUT2D eigenvalue weighted by Gasteiger charge is -2.35. The molecular formula is C37H29BO2. The fraction of sp³-hybridized carbons (Fsp3) is 0.189. The molecule has 192 valence electrons. The van der Waals surface area contributed by atoms with E-state index in [0.717, 1.165) is 34.0 Å². The second-order valence-corrected chi connectivity index (χ2v) is 13.0. The van der Waals surface area contributed by atoms with E-state index in [-0.39, 0.29) is 17.5 Å². The molecular weight excluding hydrogens is 487 g/mol. The van der Waals surface area contributed by atoms with E-state index in [2.05, 4.69) is 120 Å². The zero-order valence-corrected chi connectivity index (χ0v) is 23.5. The summed E-state index contributed by atoms with van der Waals surface area (Å²) in [5, 5.41) is 0. The molecule has 5 aromatic carbocycles. The maximum Gasteiger partial charge on any atom is 0.260 e. The molecule has 40 heavy (non-hydrogen) atoms. The third-order valence-corrected chi connectivity index (χ3v) is 10.0. The van der Waals surface area contributed by atoms with Crippen LogP contribution in [0.5, 0.6) is 23.0 Å². The van der Waals surface area contributed by atoms with E-state index in [1.165, 1.54) is 55.4 Å². The van der Waals surface area contributed by atoms with Gasteiger partial charge in [-0.2, -0.15) is 0 Å². The minimum Gasteiger partial charge on any atom is -0.458 e. The SMILES string of the molecule is Cc1cc2c3c(c1)Oc1cc4c(cc1B3c1cc3c(cc1O2)-c1ccccc1C3(C)C)C(C)(C)c1ccccc1-4. The normalized spacial score (nSPS) is 16.9. The maximum absolute atomic E-state index is 6.73. The molecule has 0 fully saturated rings. The van der Waals surface area contributed by atoms with Gasteiger partial charge in [0.1, 0.15) is 23.0 Å². The van der Waals surface area contributed by atoms with Crippen molar-refractivity contribution in [2.45, 2.75) is 45.4 Å². The van der Waals surface area contributed by atoms with E-state index in [9.17, 15) is 0 Å². The summed E-state index contributed by atoms with van der Waals surface area (Å²) in [7, 11) is 0. The summed E-state index contributed by atoms with van der Waals surface area (Å²) in [5.74, 6) is 3.73. The van der Waals surface area contributed by atoms with E-state index >= 15 is 0 Å². The lowest BCUT2D eigenvalue weighted by Crippen LogP contribution is -2.57. The Bertz CT molecular complexity index is 1840. The number of aryl methyl sites for hydroxylation is 1. The molecule has 2 aliphatic carbocycles. The summed E-state index contributed by atoms with van der Waals surface area (Å²) >= 11 is 0. The Balaban J connectivity index is 1.33. The van der Waals surface area contributed by atoms with Crippen molar-refractivity contribution < 1.29 is 9.47 Å². The molecule has 0 saturated carbocycles. The molecule has 2 nitrogen and oxygen atoms in total. The maximum atomic E-state index is 6.73. The van der Waals surface area contributed by atoms with Gasteiger partial charge in [-0.3, -0.25) is 0 Å². The van der Waals surface area contributed by atoms with Crippen LogP contribution in [0.3, 0.4) is 0 Å². The summed E-state index contributed by atoms with van der Waals surface area (Å²) < 4.78 is 13.5. The number of rotatable bonds is 0. The topological polar surface area (TPSA) is 18.5 Å². The molecule has 5 aromatic rings. The Morgan fingerprint density at radius 2 is 0.950 bits per heavy atom. The van der Waals surface area contributed by atoms with Crippen LogP contribution in [0.25, 0.3) is 22.3 Å². The molecule has 0 bridgehead atoms. The van der Waals surface area contributed by atoms with Gasteiger partial charge in [0.25, 0.3) is 6.71 Å². The molecule has 0 saturated heterocycles. The summed E-state index contributed by atoms with van der Waals surface area (Å²) in [6, 6.07) is 31.5. The Labute approximate surface area is 235 Å². The largest absolute Gasteiger partial charge is 0.458 e. The molecule has 0 spiro atoms.